The van der Waals surface area contributed by atoms with Crippen molar-refractivity contribution in [1.82, 2.24) is 10.2 Å². The third-order valence-electron chi connectivity index (χ3n) is 3.58. The lowest BCUT2D eigenvalue weighted by Crippen LogP contribution is -2.47. The van der Waals surface area contributed by atoms with Crippen molar-refractivity contribution in [1.29, 1.82) is 0 Å². The average Bonchev–Trinajstić information content (AvgIpc) is 2.61. The normalized spacial score (nSPS) is 36.7. The van der Waals surface area contributed by atoms with Gasteiger partial charge in [0.05, 0.1) is 0 Å². The summed E-state index contributed by atoms with van der Waals surface area (Å²) in [5, 5.41) is 3.65. The summed E-state index contributed by atoms with van der Waals surface area (Å²) in [5.41, 5.74) is 0. The van der Waals surface area contributed by atoms with Crippen molar-refractivity contribution in [3.05, 3.63) is 0 Å². The van der Waals surface area contributed by atoms with Crippen LogP contribution in [0.4, 0.5) is 0 Å². The van der Waals surface area contributed by atoms with Crippen LogP contribution in [0.2, 0.25) is 0 Å². The zero-order valence-corrected chi connectivity index (χ0v) is 8.76. The standard InChI is InChI=1S/C11H22N2/c1-10-5-4-6-12-11(10)9-13-7-2-3-8-13/h10-12H,2-9H2,1H3. The fourth-order valence-electron chi connectivity index (χ4n) is 2.60. The quantitative estimate of drug-likeness (QED) is 0.695. The molecule has 76 valence electrons. The smallest absolute Gasteiger partial charge is 0.0220 e. The molecule has 2 rings (SSSR count). The number of rotatable bonds is 2. The fraction of sp³-hybridized carbons (Fsp3) is 1.00. The first-order valence-electron chi connectivity index (χ1n) is 5.82. The van der Waals surface area contributed by atoms with Crippen LogP contribution in [0.15, 0.2) is 0 Å². The Hall–Kier alpha value is -0.0800. The highest BCUT2D eigenvalue weighted by Crippen LogP contribution is 2.18. The van der Waals surface area contributed by atoms with Gasteiger partial charge < -0.3 is 10.2 Å². The molecule has 2 nitrogen and oxygen atoms in total. The molecule has 0 bridgehead atoms. The molecule has 2 fully saturated rings. The molecule has 0 aromatic rings. The topological polar surface area (TPSA) is 15.3 Å². The van der Waals surface area contributed by atoms with Crippen molar-refractivity contribution < 1.29 is 0 Å². The molecule has 1 N–H and O–H groups in total. The molecule has 2 aliphatic heterocycles. The Morgan fingerprint density at radius 1 is 1.23 bits per heavy atom. The lowest BCUT2D eigenvalue weighted by molar-refractivity contribution is 0.216. The van der Waals surface area contributed by atoms with Gasteiger partial charge in [-0.05, 0) is 51.2 Å². The van der Waals surface area contributed by atoms with Crippen LogP contribution in [0.3, 0.4) is 0 Å². The second kappa shape index (κ2) is 4.43. The summed E-state index contributed by atoms with van der Waals surface area (Å²) in [6.07, 6.45) is 5.63. The molecule has 2 saturated heterocycles. The summed E-state index contributed by atoms with van der Waals surface area (Å²) in [6.45, 7) is 7.60. The Morgan fingerprint density at radius 2 is 2.00 bits per heavy atom. The van der Waals surface area contributed by atoms with Crippen LogP contribution in [-0.2, 0) is 0 Å². The van der Waals surface area contributed by atoms with Gasteiger partial charge in [-0.3, -0.25) is 0 Å². The highest BCUT2D eigenvalue weighted by Gasteiger charge is 2.23. The number of nitrogens with one attached hydrogen (secondary N) is 1. The first-order valence-corrected chi connectivity index (χ1v) is 5.82. The zero-order chi connectivity index (χ0) is 9.10. The van der Waals surface area contributed by atoms with Crippen LogP contribution in [-0.4, -0.2) is 37.1 Å². The lowest BCUT2D eigenvalue weighted by Gasteiger charge is -2.33. The van der Waals surface area contributed by atoms with E-state index >= 15 is 0 Å². The van der Waals surface area contributed by atoms with E-state index < -0.39 is 0 Å². The first kappa shape index (κ1) is 9.47. The Bertz CT molecular complexity index is 152. The van der Waals surface area contributed by atoms with Gasteiger partial charge in [-0.15, -0.1) is 0 Å². The molecule has 2 heterocycles. The molecule has 13 heavy (non-hydrogen) atoms. The molecule has 0 saturated carbocycles. The van der Waals surface area contributed by atoms with Crippen LogP contribution in [0.5, 0.6) is 0 Å². The molecule has 0 spiro atoms. The van der Waals surface area contributed by atoms with Crippen molar-refractivity contribution in [2.24, 2.45) is 5.92 Å². The molecule has 0 amide bonds. The molecule has 0 aliphatic carbocycles. The summed E-state index contributed by atoms with van der Waals surface area (Å²) >= 11 is 0. The van der Waals surface area contributed by atoms with Gasteiger partial charge in [0, 0.05) is 12.6 Å². The molecule has 0 aromatic heterocycles. The maximum atomic E-state index is 3.65. The van der Waals surface area contributed by atoms with Gasteiger partial charge in [-0.25, -0.2) is 0 Å². The Kier molecular flexibility index (Phi) is 3.23. The molecule has 2 atom stereocenters. The highest BCUT2D eigenvalue weighted by molar-refractivity contribution is 4.82. The third-order valence-corrected chi connectivity index (χ3v) is 3.58. The zero-order valence-electron chi connectivity index (χ0n) is 8.76. The van der Waals surface area contributed by atoms with Gasteiger partial charge in [0.25, 0.3) is 0 Å². The monoisotopic (exact) mass is 182 g/mol. The van der Waals surface area contributed by atoms with Crippen LogP contribution < -0.4 is 5.32 Å². The molecular formula is C11H22N2. The van der Waals surface area contributed by atoms with E-state index in [2.05, 4.69) is 17.1 Å². The Morgan fingerprint density at radius 3 is 2.69 bits per heavy atom. The molecule has 2 unspecified atom stereocenters. The lowest BCUT2D eigenvalue weighted by atomic mass is 9.92. The summed E-state index contributed by atoms with van der Waals surface area (Å²) in [6, 6.07) is 0.770. The predicted octanol–water partition coefficient (Wildman–Crippen LogP) is 1.47. The van der Waals surface area contributed by atoms with Gasteiger partial charge in [-0.1, -0.05) is 6.92 Å². The number of likely N-dealkylation sites (tertiary alicyclic amines) is 1. The maximum absolute atomic E-state index is 3.65. The number of hydrogen-bond acceptors (Lipinski definition) is 2. The summed E-state index contributed by atoms with van der Waals surface area (Å²) < 4.78 is 0. The minimum atomic E-state index is 0.770. The summed E-state index contributed by atoms with van der Waals surface area (Å²) in [5.74, 6) is 0.884. The Labute approximate surface area is 81.7 Å². The molecule has 2 heteroatoms. The molecule has 2 aliphatic rings. The second-order valence-electron chi connectivity index (χ2n) is 4.69. The Balaban J connectivity index is 1.78. The fourth-order valence-corrected chi connectivity index (χ4v) is 2.60. The molecule has 0 aromatic carbocycles. The third kappa shape index (κ3) is 2.44. The van der Waals surface area contributed by atoms with Gasteiger partial charge in [0.2, 0.25) is 0 Å². The minimum absolute atomic E-state index is 0.770. The van der Waals surface area contributed by atoms with Crippen LogP contribution in [0.25, 0.3) is 0 Å². The SMILES string of the molecule is CC1CCCNC1CN1CCCC1. The van der Waals surface area contributed by atoms with Gasteiger partial charge in [-0.2, -0.15) is 0 Å². The van der Waals surface area contributed by atoms with Crippen LogP contribution >= 0.6 is 0 Å². The van der Waals surface area contributed by atoms with E-state index in [-0.39, 0.29) is 0 Å². The number of hydrogen-bond donors (Lipinski definition) is 1. The van der Waals surface area contributed by atoms with E-state index in [0.717, 1.165) is 12.0 Å². The van der Waals surface area contributed by atoms with Crippen molar-refractivity contribution in [3.63, 3.8) is 0 Å². The number of nitrogens with zero attached hydrogens (tertiary/aromatic N) is 1. The van der Waals surface area contributed by atoms with E-state index in [1.165, 1.54) is 51.9 Å². The second-order valence-corrected chi connectivity index (χ2v) is 4.69. The van der Waals surface area contributed by atoms with E-state index in [1.807, 2.05) is 0 Å². The molecular weight excluding hydrogens is 160 g/mol. The minimum Gasteiger partial charge on any atom is -0.312 e. The maximum Gasteiger partial charge on any atom is 0.0220 e. The number of piperidine rings is 1. The van der Waals surface area contributed by atoms with Crippen LogP contribution in [0.1, 0.15) is 32.6 Å². The summed E-state index contributed by atoms with van der Waals surface area (Å²) in [7, 11) is 0. The molecule has 0 radical (unpaired) electrons. The van der Waals surface area contributed by atoms with Crippen molar-refractivity contribution >= 4 is 0 Å². The van der Waals surface area contributed by atoms with E-state index in [1.54, 1.807) is 0 Å². The summed E-state index contributed by atoms with van der Waals surface area (Å²) in [4.78, 5) is 2.62. The first-order chi connectivity index (χ1) is 6.36. The van der Waals surface area contributed by atoms with Crippen molar-refractivity contribution in [2.45, 2.75) is 38.6 Å². The van der Waals surface area contributed by atoms with Crippen molar-refractivity contribution in [3.8, 4) is 0 Å². The average molecular weight is 182 g/mol. The largest absolute Gasteiger partial charge is 0.312 e. The van der Waals surface area contributed by atoms with E-state index in [0.29, 0.717) is 0 Å². The van der Waals surface area contributed by atoms with Crippen LogP contribution in [0, 0.1) is 5.92 Å². The van der Waals surface area contributed by atoms with E-state index in [9.17, 15) is 0 Å². The highest BCUT2D eigenvalue weighted by atomic mass is 15.2. The van der Waals surface area contributed by atoms with Gasteiger partial charge >= 0.3 is 0 Å². The van der Waals surface area contributed by atoms with Gasteiger partial charge in [0.15, 0.2) is 0 Å². The predicted molar refractivity (Wildman–Crippen MR) is 55.9 cm³/mol. The van der Waals surface area contributed by atoms with Gasteiger partial charge in [0.1, 0.15) is 0 Å². The van der Waals surface area contributed by atoms with Crippen molar-refractivity contribution in [2.75, 3.05) is 26.2 Å². The van der Waals surface area contributed by atoms with E-state index in [4.69, 9.17) is 0 Å².